The Morgan fingerprint density at radius 1 is 1.22 bits per heavy atom. The van der Waals surface area contributed by atoms with Crippen LogP contribution in [0.4, 0.5) is 17.6 Å². The molecule has 0 heterocycles. The van der Waals surface area contributed by atoms with Crippen LogP contribution < -0.4 is 0 Å². The second-order valence-corrected chi connectivity index (χ2v) is 4.82. The summed E-state index contributed by atoms with van der Waals surface area (Å²) in [6.45, 7) is 1.88. The van der Waals surface area contributed by atoms with E-state index in [0.717, 1.165) is 6.08 Å². The van der Waals surface area contributed by atoms with Crippen LogP contribution in [-0.4, -0.2) is 23.7 Å². The molecular weight excluding hydrogens is 252 g/mol. The molecule has 0 saturated heterocycles. The maximum absolute atomic E-state index is 12.2. The molecule has 18 heavy (non-hydrogen) atoms. The SMILES string of the molecule is CC(C)(CC(F)(F)F)/C(O)=C/C(=O)CCCCF. The van der Waals surface area contributed by atoms with Gasteiger partial charge in [-0.15, -0.1) is 0 Å². The van der Waals surface area contributed by atoms with Crippen LogP contribution in [0.15, 0.2) is 11.8 Å². The van der Waals surface area contributed by atoms with Crippen molar-refractivity contribution in [2.75, 3.05) is 6.67 Å². The van der Waals surface area contributed by atoms with E-state index in [2.05, 4.69) is 0 Å². The normalized spacial score (nSPS) is 13.8. The molecule has 0 aliphatic rings. The number of unbranched alkanes of at least 4 members (excludes halogenated alkanes) is 1. The minimum Gasteiger partial charge on any atom is -0.512 e. The third kappa shape index (κ3) is 7.29. The molecule has 0 radical (unpaired) electrons. The summed E-state index contributed by atoms with van der Waals surface area (Å²) in [6.07, 6.45) is -4.24. The zero-order chi connectivity index (χ0) is 14.4. The highest BCUT2D eigenvalue weighted by molar-refractivity contribution is 5.90. The Morgan fingerprint density at radius 3 is 2.22 bits per heavy atom. The van der Waals surface area contributed by atoms with Crippen molar-refractivity contribution in [2.24, 2.45) is 5.41 Å². The Balaban J connectivity index is 4.51. The highest BCUT2D eigenvalue weighted by Gasteiger charge is 2.39. The molecule has 6 heteroatoms. The van der Waals surface area contributed by atoms with Gasteiger partial charge in [0.15, 0.2) is 5.78 Å². The zero-order valence-corrected chi connectivity index (χ0v) is 10.5. The molecule has 0 aromatic rings. The molecule has 0 aliphatic heterocycles. The van der Waals surface area contributed by atoms with E-state index in [4.69, 9.17) is 0 Å². The van der Waals surface area contributed by atoms with E-state index < -0.39 is 36.2 Å². The van der Waals surface area contributed by atoms with Gasteiger partial charge in [0.25, 0.3) is 0 Å². The average Bonchev–Trinajstić information content (AvgIpc) is 2.14. The van der Waals surface area contributed by atoms with Crippen molar-refractivity contribution >= 4 is 5.78 Å². The van der Waals surface area contributed by atoms with Gasteiger partial charge in [-0.2, -0.15) is 13.2 Å². The van der Waals surface area contributed by atoms with Gasteiger partial charge in [-0.25, -0.2) is 0 Å². The lowest BCUT2D eigenvalue weighted by Crippen LogP contribution is -2.24. The lowest BCUT2D eigenvalue weighted by atomic mass is 9.86. The van der Waals surface area contributed by atoms with E-state index in [-0.39, 0.29) is 12.8 Å². The molecule has 0 fully saturated rings. The number of aliphatic hydroxyl groups excluding tert-OH is 1. The van der Waals surface area contributed by atoms with E-state index in [1.165, 1.54) is 13.8 Å². The molecule has 0 unspecified atom stereocenters. The molecule has 0 rings (SSSR count). The minimum absolute atomic E-state index is 0.0239. The van der Waals surface area contributed by atoms with Gasteiger partial charge in [0.2, 0.25) is 0 Å². The largest absolute Gasteiger partial charge is 0.512 e. The van der Waals surface area contributed by atoms with E-state index in [9.17, 15) is 27.5 Å². The van der Waals surface area contributed by atoms with Gasteiger partial charge in [0, 0.05) is 17.9 Å². The van der Waals surface area contributed by atoms with Crippen LogP contribution in [-0.2, 0) is 4.79 Å². The van der Waals surface area contributed by atoms with Crippen LogP contribution >= 0.6 is 0 Å². The van der Waals surface area contributed by atoms with Crippen LogP contribution in [0.1, 0.15) is 39.5 Å². The van der Waals surface area contributed by atoms with Crippen LogP contribution in [0.5, 0.6) is 0 Å². The molecule has 0 aliphatic carbocycles. The van der Waals surface area contributed by atoms with Crippen molar-refractivity contribution in [3.63, 3.8) is 0 Å². The van der Waals surface area contributed by atoms with Crippen molar-refractivity contribution < 1.29 is 27.5 Å². The molecule has 0 aromatic heterocycles. The van der Waals surface area contributed by atoms with E-state index in [1.54, 1.807) is 0 Å². The molecule has 0 atom stereocenters. The Labute approximate surface area is 104 Å². The second-order valence-electron chi connectivity index (χ2n) is 4.82. The molecule has 106 valence electrons. The minimum atomic E-state index is -4.41. The summed E-state index contributed by atoms with van der Waals surface area (Å²) in [6, 6.07) is 0. The molecule has 0 bridgehead atoms. The number of carbonyl (C=O) groups excluding carboxylic acids is 1. The smallest absolute Gasteiger partial charge is 0.390 e. The monoisotopic (exact) mass is 270 g/mol. The van der Waals surface area contributed by atoms with Gasteiger partial charge in [0.1, 0.15) is 5.76 Å². The Hall–Kier alpha value is -1.07. The van der Waals surface area contributed by atoms with Crippen molar-refractivity contribution in [2.45, 2.75) is 45.7 Å². The number of halogens is 4. The Kier molecular flexibility index (Phi) is 6.35. The second kappa shape index (κ2) is 6.75. The highest BCUT2D eigenvalue weighted by atomic mass is 19.4. The molecule has 2 nitrogen and oxygen atoms in total. The third-order valence-electron chi connectivity index (χ3n) is 2.44. The van der Waals surface area contributed by atoms with E-state index >= 15 is 0 Å². The standard InChI is InChI=1S/C12H18F4O2/c1-11(2,8-12(14,15)16)10(18)7-9(17)5-3-4-6-13/h7,18H,3-6,8H2,1-2H3/b10-7-. The number of aliphatic hydroxyl groups is 1. The summed E-state index contributed by atoms with van der Waals surface area (Å²) in [5.74, 6) is -1.08. The first-order valence-corrected chi connectivity index (χ1v) is 5.65. The Morgan fingerprint density at radius 2 is 1.78 bits per heavy atom. The summed E-state index contributed by atoms with van der Waals surface area (Å²) >= 11 is 0. The highest BCUT2D eigenvalue weighted by Crippen LogP contribution is 2.37. The van der Waals surface area contributed by atoms with Gasteiger partial charge < -0.3 is 5.11 Å². The lowest BCUT2D eigenvalue weighted by Gasteiger charge is -2.25. The topological polar surface area (TPSA) is 37.3 Å². The number of rotatable bonds is 7. The van der Waals surface area contributed by atoms with Crippen molar-refractivity contribution in [1.29, 1.82) is 0 Å². The van der Waals surface area contributed by atoms with Gasteiger partial charge in [0.05, 0.1) is 13.1 Å². The van der Waals surface area contributed by atoms with Gasteiger partial charge >= 0.3 is 6.18 Å². The summed E-state index contributed by atoms with van der Waals surface area (Å²) in [5, 5.41) is 9.53. The molecule has 0 spiro atoms. The average molecular weight is 270 g/mol. The maximum atomic E-state index is 12.2. The fraction of sp³-hybridized carbons (Fsp3) is 0.750. The third-order valence-corrected chi connectivity index (χ3v) is 2.44. The molecule has 1 N–H and O–H groups in total. The van der Waals surface area contributed by atoms with E-state index in [0.29, 0.717) is 6.42 Å². The number of hydrogen-bond acceptors (Lipinski definition) is 2. The summed E-state index contributed by atoms with van der Waals surface area (Å²) < 4.78 is 48.5. The van der Waals surface area contributed by atoms with Gasteiger partial charge in [-0.3, -0.25) is 9.18 Å². The van der Waals surface area contributed by atoms with Gasteiger partial charge in [-0.1, -0.05) is 13.8 Å². The molecular formula is C12H18F4O2. The van der Waals surface area contributed by atoms with Crippen LogP contribution in [0.25, 0.3) is 0 Å². The first-order chi connectivity index (χ1) is 8.08. The molecule has 0 amide bonds. The lowest BCUT2D eigenvalue weighted by molar-refractivity contribution is -0.153. The number of allylic oxidation sites excluding steroid dienone is 2. The number of alkyl halides is 4. The van der Waals surface area contributed by atoms with Gasteiger partial charge in [-0.05, 0) is 12.8 Å². The predicted molar refractivity (Wildman–Crippen MR) is 60.0 cm³/mol. The molecule has 0 aromatic carbocycles. The van der Waals surface area contributed by atoms with Crippen molar-refractivity contribution in [3.05, 3.63) is 11.8 Å². The fourth-order valence-electron chi connectivity index (χ4n) is 1.41. The zero-order valence-electron chi connectivity index (χ0n) is 10.5. The summed E-state index contributed by atoms with van der Waals surface area (Å²) in [7, 11) is 0. The van der Waals surface area contributed by atoms with Crippen LogP contribution in [0, 0.1) is 5.41 Å². The number of carbonyl (C=O) groups is 1. The first-order valence-electron chi connectivity index (χ1n) is 5.65. The van der Waals surface area contributed by atoms with Crippen LogP contribution in [0.2, 0.25) is 0 Å². The van der Waals surface area contributed by atoms with E-state index in [1.807, 2.05) is 0 Å². The molecule has 0 saturated carbocycles. The number of hydrogen-bond donors (Lipinski definition) is 1. The van der Waals surface area contributed by atoms with Crippen LogP contribution in [0.3, 0.4) is 0 Å². The first kappa shape index (κ1) is 16.9. The quantitative estimate of drug-likeness (QED) is 0.327. The fourth-order valence-corrected chi connectivity index (χ4v) is 1.41. The number of ketones is 1. The predicted octanol–water partition coefficient (Wildman–Crippen LogP) is 4.12. The summed E-state index contributed by atoms with van der Waals surface area (Å²) in [5.41, 5.74) is -1.53. The van der Waals surface area contributed by atoms with Crippen molar-refractivity contribution in [1.82, 2.24) is 0 Å². The van der Waals surface area contributed by atoms with Crippen molar-refractivity contribution in [3.8, 4) is 0 Å². The maximum Gasteiger partial charge on any atom is 0.390 e. The summed E-state index contributed by atoms with van der Waals surface area (Å²) in [4.78, 5) is 11.3. The Bertz CT molecular complexity index is 306.